The molecule has 1 saturated carbocycles. The summed E-state index contributed by atoms with van der Waals surface area (Å²) in [6.07, 6.45) is 2.02. The molecule has 0 saturated heterocycles. The van der Waals surface area contributed by atoms with E-state index in [1.807, 2.05) is 30.3 Å². The van der Waals surface area contributed by atoms with Crippen LogP contribution in [0.5, 0.6) is 0 Å². The standard InChI is InChI=1S/C20H24ClN3O4/c1-11-22-19(21)15(7-6-12-2-4-13(9-25)5-3-12)20(23-11)24-16-8-14(10-26)17(27)18(16)28/h2-7,14,16-18,25-28H,8-10H2,1H3,(H,22,23,24)/b7-6+/t14-,16-,17-,18+/m1/s1. The van der Waals surface area contributed by atoms with Crippen molar-refractivity contribution in [2.75, 3.05) is 11.9 Å². The molecule has 5 N–H and O–H groups in total. The van der Waals surface area contributed by atoms with Crippen LogP contribution in [0.3, 0.4) is 0 Å². The Balaban J connectivity index is 1.86. The van der Waals surface area contributed by atoms with Gasteiger partial charge in [-0.1, -0.05) is 41.9 Å². The van der Waals surface area contributed by atoms with Crippen LogP contribution in [-0.2, 0) is 6.61 Å². The molecule has 0 amide bonds. The van der Waals surface area contributed by atoms with Crippen LogP contribution in [0.2, 0.25) is 5.15 Å². The monoisotopic (exact) mass is 405 g/mol. The highest BCUT2D eigenvalue weighted by atomic mass is 35.5. The largest absolute Gasteiger partial charge is 0.396 e. The predicted molar refractivity (Wildman–Crippen MR) is 108 cm³/mol. The molecule has 0 spiro atoms. The van der Waals surface area contributed by atoms with Crippen LogP contribution >= 0.6 is 11.6 Å². The minimum absolute atomic E-state index is 0.0138. The van der Waals surface area contributed by atoms with Gasteiger partial charge in [0.15, 0.2) is 0 Å². The van der Waals surface area contributed by atoms with Gasteiger partial charge in [-0.25, -0.2) is 9.97 Å². The molecule has 1 aromatic heterocycles. The lowest BCUT2D eigenvalue weighted by Crippen LogP contribution is -2.35. The number of benzene rings is 1. The number of aromatic nitrogens is 2. The summed E-state index contributed by atoms with van der Waals surface area (Å²) in [6, 6.07) is 6.95. The Morgan fingerprint density at radius 2 is 1.82 bits per heavy atom. The third-order valence-corrected chi connectivity index (χ3v) is 5.26. The first kappa shape index (κ1) is 20.7. The molecular weight excluding hydrogens is 382 g/mol. The summed E-state index contributed by atoms with van der Waals surface area (Å²) in [4.78, 5) is 8.59. The van der Waals surface area contributed by atoms with Crippen molar-refractivity contribution in [2.45, 2.75) is 38.2 Å². The van der Waals surface area contributed by atoms with Gasteiger partial charge in [-0.2, -0.15) is 0 Å². The average Bonchev–Trinajstić information content (AvgIpc) is 2.95. The Labute approximate surface area is 168 Å². The zero-order valence-corrected chi connectivity index (χ0v) is 16.2. The fraction of sp³-hybridized carbons (Fsp3) is 0.400. The fourth-order valence-electron chi connectivity index (χ4n) is 3.34. The average molecular weight is 406 g/mol. The summed E-state index contributed by atoms with van der Waals surface area (Å²) >= 11 is 6.33. The van der Waals surface area contributed by atoms with Gasteiger partial charge in [0.05, 0.1) is 24.3 Å². The first-order valence-electron chi connectivity index (χ1n) is 9.08. The quantitative estimate of drug-likeness (QED) is 0.463. The van der Waals surface area contributed by atoms with Gasteiger partial charge in [-0.15, -0.1) is 0 Å². The van der Waals surface area contributed by atoms with Crippen molar-refractivity contribution in [3.63, 3.8) is 0 Å². The molecule has 28 heavy (non-hydrogen) atoms. The minimum atomic E-state index is -1.02. The third-order valence-electron chi connectivity index (χ3n) is 4.97. The van der Waals surface area contributed by atoms with Crippen LogP contribution in [0.1, 0.15) is 28.9 Å². The van der Waals surface area contributed by atoms with E-state index in [0.717, 1.165) is 11.1 Å². The number of hydrogen-bond donors (Lipinski definition) is 5. The molecule has 2 aromatic rings. The maximum atomic E-state index is 10.3. The molecule has 0 radical (unpaired) electrons. The molecule has 8 heteroatoms. The molecule has 1 aliphatic carbocycles. The Hall–Kier alpha value is -2.03. The molecule has 3 rings (SSSR count). The molecule has 1 aliphatic rings. The molecule has 1 fully saturated rings. The molecule has 0 aliphatic heterocycles. The number of aryl methyl sites for hydroxylation is 1. The molecule has 1 aromatic carbocycles. The number of aliphatic hydroxyl groups excluding tert-OH is 4. The van der Waals surface area contributed by atoms with Crippen molar-refractivity contribution in [1.82, 2.24) is 9.97 Å². The maximum Gasteiger partial charge on any atom is 0.142 e. The second-order valence-electron chi connectivity index (χ2n) is 6.97. The molecule has 150 valence electrons. The lowest BCUT2D eigenvalue weighted by Gasteiger charge is -2.20. The van der Waals surface area contributed by atoms with Gasteiger partial charge in [0.1, 0.15) is 22.9 Å². The Morgan fingerprint density at radius 1 is 1.11 bits per heavy atom. The van der Waals surface area contributed by atoms with Crippen LogP contribution < -0.4 is 5.32 Å². The zero-order valence-electron chi connectivity index (χ0n) is 15.5. The third kappa shape index (κ3) is 4.51. The van der Waals surface area contributed by atoms with Gasteiger partial charge < -0.3 is 25.7 Å². The van der Waals surface area contributed by atoms with E-state index >= 15 is 0 Å². The van der Waals surface area contributed by atoms with E-state index in [4.69, 9.17) is 16.7 Å². The van der Waals surface area contributed by atoms with Gasteiger partial charge in [0.25, 0.3) is 0 Å². The number of aliphatic hydroxyl groups is 4. The van der Waals surface area contributed by atoms with Crippen LogP contribution in [-0.4, -0.2) is 55.3 Å². The van der Waals surface area contributed by atoms with Crippen LogP contribution in [0, 0.1) is 12.8 Å². The van der Waals surface area contributed by atoms with E-state index in [0.29, 0.717) is 23.6 Å². The van der Waals surface area contributed by atoms with Gasteiger partial charge in [0, 0.05) is 12.5 Å². The topological polar surface area (TPSA) is 119 Å². The van der Waals surface area contributed by atoms with E-state index in [2.05, 4.69) is 15.3 Å². The number of halogens is 1. The summed E-state index contributed by atoms with van der Waals surface area (Å²) in [5, 5.41) is 42.2. The normalized spacial score (nSPS) is 24.8. The van der Waals surface area contributed by atoms with Crippen molar-refractivity contribution in [3.8, 4) is 0 Å². The number of hydrogen-bond acceptors (Lipinski definition) is 7. The van der Waals surface area contributed by atoms with Gasteiger partial charge in [0.2, 0.25) is 0 Å². The zero-order chi connectivity index (χ0) is 20.3. The highest BCUT2D eigenvalue weighted by Gasteiger charge is 2.41. The lowest BCUT2D eigenvalue weighted by atomic mass is 10.1. The highest BCUT2D eigenvalue weighted by molar-refractivity contribution is 6.31. The summed E-state index contributed by atoms with van der Waals surface area (Å²) in [5.41, 5.74) is 2.30. The second-order valence-corrected chi connectivity index (χ2v) is 7.33. The smallest absolute Gasteiger partial charge is 0.142 e. The number of nitrogens with zero attached hydrogens (tertiary/aromatic N) is 2. The molecule has 0 unspecified atom stereocenters. The van der Waals surface area contributed by atoms with Crippen molar-refractivity contribution in [3.05, 3.63) is 51.9 Å². The predicted octanol–water partition coefficient (Wildman–Crippen LogP) is 1.62. The summed E-state index contributed by atoms with van der Waals surface area (Å²) in [5.74, 6) is 0.536. The molecular formula is C20H24ClN3O4. The van der Waals surface area contributed by atoms with Crippen LogP contribution in [0.15, 0.2) is 24.3 Å². The summed E-state index contributed by atoms with van der Waals surface area (Å²) < 4.78 is 0. The van der Waals surface area contributed by atoms with E-state index in [9.17, 15) is 15.3 Å². The lowest BCUT2D eigenvalue weighted by molar-refractivity contribution is 0.00445. The number of nitrogens with one attached hydrogen (secondary N) is 1. The minimum Gasteiger partial charge on any atom is -0.396 e. The summed E-state index contributed by atoms with van der Waals surface area (Å²) in [6.45, 7) is 1.51. The molecule has 7 nitrogen and oxygen atoms in total. The second kappa shape index (κ2) is 8.98. The van der Waals surface area contributed by atoms with Crippen molar-refractivity contribution >= 4 is 29.6 Å². The van der Waals surface area contributed by atoms with Crippen molar-refractivity contribution < 1.29 is 20.4 Å². The SMILES string of the molecule is Cc1nc(Cl)c(/C=C/c2ccc(CO)cc2)c(N[C@@H]2C[C@H](CO)[C@@H](O)[C@H]2O)n1. The first-order valence-corrected chi connectivity index (χ1v) is 9.46. The molecule has 0 bridgehead atoms. The van der Waals surface area contributed by atoms with Crippen LogP contribution in [0.25, 0.3) is 12.2 Å². The van der Waals surface area contributed by atoms with E-state index in [1.165, 1.54) is 0 Å². The van der Waals surface area contributed by atoms with Gasteiger partial charge in [-0.3, -0.25) is 0 Å². The van der Waals surface area contributed by atoms with Crippen molar-refractivity contribution in [2.24, 2.45) is 5.92 Å². The van der Waals surface area contributed by atoms with Gasteiger partial charge >= 0.3 is 0 Å². The van der Waals surface area contributed by atoms with E-state index < -0.39 is 24.2 Å². The Morgan fingerprint density at radius 3 is 2.43 bits per heavy atom. The van der Waals surface area contributed by atoms with Crippen LogP contribution in [0.4, 0.5) is 5.82 Å². The van der Waals surface area contributed by atoms with E-state index in [-0.39, 0.29) is 18.4 Å². The van der Waals surface area contributed by atoms with Crippen molar-refractivity contribution in [1.29, 1.82) is 0 Å². The summed E-state index contributed by atoms with van der Waals surface area (Å²) in [7, 11) is 0. The maximum absolute atomic E-state index is 10.3. The Kier molecular flexibility index (Phi) is 6.64. The number of rotatable bonds is 6. The van der Waals surface area contributed by atoms with Gasteiger partial charge in [-0.05, 0) is 30.5 Å². The highest BCUT2D eigenvalue weighted by Crippen LogP contribution is 2.31. The fourth-order valence-corrected chi connectivity index (χ4v) is 3.62. The Bertz CT molecular complexity index is 844. The van der Waals surface area contributed by atoms with E-state index in [1.54, 1.807) is 13.0 Å². The molecule has 1 heterocycles. The number of anilines is 1. The molecule has 4 atom stereocenters. The first-order chi connectivity index (χ1) is 13.4.